The summed E-state index contributed by atoms with van der Waals surface area (Å²) in [5, 5.41) is 2.90. The highest BCUT2D eigenvalue weighted by molar-refractivity contribution is 7.92. The lowest BCUT2D eigenvalue weighted by atomic mass is 10.1. The maximum Gasteiger partial charge on any atom is 0.264 e. The van der Waals surface area contributed by atoms with Gasteiger partial charge in [-0.05, 0) is 54.4 Å². The Bertz CT molecular complexity index is 1640. The number of nitrogens with one attached hydrogen (secondary N) is 1. The first-order valence-electron chi connectivity index (χ1n) is 13.2. The first-order chi connectivity index (χ1) is 19.7. The Morgan fingerprint density at radius 2 is 1.54 bits per heavy atom. The first-order valence-corrected chi connectivity index (χ1v) is 14.7. The van der Waals surface area contributed by atoms with E-state index in [1.54, 1.807) is 71.6 Å². The van der Waals surface area contributed by atoms with Gasteiger partial charge in [-0.25, -0.2) is 8.42 Å². The van der Waals surface area contributed by atoms with Gasteiger partial charge in [0.15, 0.2) is 6.10 Å². The number of nitrogens with zero attached hydrogens (tertiary/aromatic N) is 2. The van der Waals surface area contributed by atoms with Gasteiger partial charge >= 0.3 is 0 Å². The number of para-hydroxylation sites is 2. The fourth-order valence-corrected chi connectivity index (χ4v) is 5.80. The molecular weight excluding hydrogens is 538 g/mol. The van der Waals surface area contributed by atoms with Gasteiger partial charge in [0, 0.05) is 13.6 Å². The lowest BCUT2D eigenvalue weighted by molar-refractivity contribution is -0.128. The number of hydrogen-bond acceptors (Lipinski definition) is 5. The van der Waals surface area contributed by atoms with Crippen molar-refractivity contribution in [1.29, 1.82) is 0 Å². The van der Waals surface area contributed by atoms with Gasteiger partial charge in [-0.2, -0.15) is 0 Å². The molecule has 0 saturated carbocycles. The highest BCUT2D eigenvalue weighted by Gasteiger charge is 2.33. The lowest BCUT2D eigenvalue weighted by Crippen LogP contribution is -2.51. The van der Waals surface area contributed by atoms with E-state index in [0.717, 1.165) is 11.1 Å². The Labute approximate surface area is 240 Å². The minimum absolute atomic E-state index is 0.0708. The van der Waals surface area contributed by atoms with Crippen LogP contribution >= 0.6 is 0 Å². The molecule has 5 rings (SSSR count). The number of amides is 2. The van der Waals surface area contributed by atoms with Crippen LogP contribution in [0.4, 0.5) is 11.4 Å². The maximum atomic E-state index is 13.5. The lowest BCUT2D eigenvalue weighted by Gasteiger charge is -2.34. The van der Waals surface area contributed by atoms with E-state index in [9.17, 15) is 18.0 Å². The molecule has 0 saturated heterocycles. The summed E-state index contributed by atoms with van der Waals surface area (Å²) < 4.78 is 33.3. The summed E-state index contributed by atoms with van der Waals surface area (Å²) in [6.45, 7) is 2.33. The Kier molecular flexibility index (Phi) is 8.07. The van der Waals surface area contributed by atoms with E-state index in [4.69, 9.17) is 4.74 Å². The molecule has 2 amide bonds. The monoisotopic (exact) mass is 569 g/mol. The summed E-state index contributed by atoms with van der Waals surface area (Å²) in [7, 11) is -2.22. The number of carbonyl (C=O) groups is 2. The molecule has 41 heavy (non-hydrogen) atoms. The highest BCUT2D eigenvalue weighted by Crippen LogP contribution is 2.34. The van der Waals surface area contributed by atoms with Crippen LogP contribution in [0.3, 0.4) is 0 Å². The third-order valence-electron chi connectivity index (χ3n) is 7.01. The quantitative estimate of drug-likeness (QED) is 0.338. The Morgan fingerprint density at radius 1 is 0.878 bits per heavy atom. The average molecular weight is 570 g/mol. The number of ether oxygens (including phenoxy) is 1. The molecule has 4 aromatic rings. The molecule has 0 spiro atoms. The van der Waals surface area contributed by atoms with Crippen molar-refractivity contribution >= 4 is 33.2 Å². The topological polar surface area (TPSA) is 96.0 Å². The smallest absolute Gasteiger partial charge is 0.264 e. The molecular formula is C32H31N3O5S. The van der Waals surface area contributed by atoms with Gasteiger partial charge in [0.05, 0.1) is 29.2 Å². The standard InChI is InChI=1S/C32H31N3O5S/c1-23-12-18-27(19-13-23)41(38,39)34(2)26-16-14-24(15-17-26)20-31(36)35-22-30(40-29-11-7-6-10-28(29)35)32(37)33-21-25-8-4-3-5-9-25/h3-19,30H,20-22H2,1-2H3,(H,33,37)/t30-/m0/s1. The molecule has 1 aliphatic heterocycles. The summed E-state index contributed by atoms with van der Waals surface area (Å²) >= 11 is 0. The van der Waals surface area contributed by atoms with Crippen LogP contribution in [-0.4, -0.2) is 39.9 Å². The molecule has 210 valence electrons. The zero-order valence-electron chi connectivity index (χ0n) is 22.9. The molecule has 0 aromatic heterocycles. The number of fused-ring (bicyclic) bond motifs is 1. The van der Waals surface area contributed by atoms with Crippen molar-refractivity contribution in [2.24, 2.45) is 0 Å². The van der Waals surface area contributed by atoms with Crippen molar-refractivity contribution in [2.75, 3.05) is 22.8 Å². The molecule has 4 aromatic carbocycles. The number of benzene rings is 4. The molecule has 1 N–H and O–H groups in total. The molecule has 0 fully saturated rings. The number of carbonyl (C=O) groups excluding carboxylic acids is 2. The molecule has 8 nitrogen and oxygen atoms in total. The van der Waals surface area contributed by atoms with Crippen LogP contribution in [0.2, 0.25) is 0 Å². The van der Waals surface area contributed by atoms with Crippen LogP contribution in [0.1, 0.15) is 16.7 Å². The van der Waals surface area contributed by atoms with E-state index in [0.29, 0.717) is 29.2 Å². The summed E-state index contributed by atoms with van der Waals surface area (Å²) in [6, 6.07) is 30.3. The van der Waals surface area contributed by atoms with Gasteiger partial charge in [-0.3, -0.25) is 13.9 Å². The maximum absolute atomic E-state index is 13.5. The predicted octanol–water partition coefficient (Wildman–Crippen LogP) is 4.47. The van der Waals surface area contributed by atoms with Crippen molar-refractivity contribution in [3.8, 4) is 5.75 Å². The van der Waals surface area contributed by atoms with E-state index in [2.05, 4.69) is 5.32 Å². The average Bonchev–Trinajstić information content (AvgIpc) is 3.00. The Hall–Kier alpha value is -4.63. The Balaban J connectivity index is 1.28. The summed E-state index contributed by atoms with van der Waals surface area (Å²) in [5.74, 6) is -0.0384. The van der Waals surface area contributed by atoms with Crippen LogP contribution in [0, 0.1) is 6.92 Å². The molecule has 1 heterocycles. The van der Waals surface area contributed by atoms with Crippen molar-refractivity contribution in [1.82, 2.24) is 5.32 Å². The minimum Gasteiger partial charge on any atom is -0.477 e. The third kappa shape index (κ3) is 6.25. The van der Waals surface area contributed by atoms with Crippen LogP contribution in [0.5, 0.6) is 5.75 Å². The van der Waals surface area contributed by atoms with Gasteiger partial charge < -0.3 is 15.0 Å². The van der Waals surface area contributed by atoms with Crippen molar-refractivity contribution in [3.05, 3.63) is 120 Å². The summed E-state index contributed by atoms with van der Waals surface area (Å²) in [6.07, 6.45) is -0.790. The molecule has 1 aliphatic rings. The van der Waals surface area contributed by atoms with Crippen molar-refractivity contribution in [3.63, 3.8) is 0 Å². The number of aryl methyl sites for hydroxylation is 1. The summed E-state index contributed by atoms with van der Waals surface area (Å²) in [5.41, 5.74) is 3.74. The number of sulfonamides is 1. The minimum atomic E-state index is -3.73. The summed E-state index contributed by atoms with van der Waals surface area (Å²) in [4.78, 5) is 28.3. The van der Waals surface area contributed by atoms with Gasteiger partial charge in [-0.1, -0.05) is 72.3 Å². The zero-order valence-corrected chi connectivity index (χ0v) is 23.7. The molecule has 0 unspecified atom stereocenters. The van der Waals surface area contributed by atoms with Crippen LogP contribution < -0.4 is 19.3 Å². The molecule has 0 aliphatic carbocycles. The third-order valence-corrected chi connectivity index (χ3v) is 8.81. The first kappa shape index (κ1) is 27.9. The zero-order chi connectivity index (χ0) is 29.0. The van der Waals surface area contributed by atoms with Gasteiger partial charge in [-0.15, -0.1) is 0 Å². The van der Waals surface area contributed by atoms with Crippen LogP contribution in [0.25, 0.3) is 0 Å². The van der Waals surface area contributed by atoms with Gasteiger partial charge in [0.25, 0.3) is 15.9 Å². The second-order valence-electron chi connectivity index (χ2n) is 9.91. The van der Waals surface area contributed by atoms with Crippen LogP contribution in [-0.2, 0) is 32.6 Å². The Morgan fingerprint density at radius 3 is 2.24 bits per heavy atom. The van der Waals surface area contributed by atoms with Crippen LogP contribution in [0.15, 0.2) is 108 Å². The predicted molar refractivity (Wildman–Crippen MR) is 158 cm³/mol. The van der Waals surface area contributed by atoms with E-state index in [-0.39, 0.29) is 29.7 Å². The number of hydrogen-bond donors (Lipinski definition) is 1. The fraction of sp³-hybridized carbons (Fsp3) is 0.188. The largest absolute Gasteiger partial charge is 0.477 e. The molecule has 9 heteroatoms. The van der Waals surface area contributed by atoms with E-state index in [1.165, 1.54) is 11.4 Å². The number of anilines is 2. The van der Waals surface area contributed by atoms with E-state index in [1.807, 2.05) is 43.3 Å². The second-order valence-corrected chi connectivity index (χ2v) is 11.9. The van der Waals surface area contributed by atoms with Gasteiger partial charge in [0.1, 0.15) is 5.75 Å². The highest BCUT2D eigenvalue weighted by atomic mass is 32.2. The number of rotatable bonds is 8. The molecule has 1 atom stereocenters. The fourth-order valence-electron chi connectivity index (χ4n) is 4.61. The second kappa shape index (κ2) is 11.9. The van der Waals surface area contributed by atoms with E-state index < -0.39 is 16.1 Å². The molecule has 0 bridgehead atoms. The van der Waals surface area contributed by atoms with E-state index >= 15 is 0 Å². The normalized spacial score (nSPS) is 14.5. The van der Waals surface area contributed by atoms with Crippen molar-refractivity contribution < 1.29 is 22.7 Å². The van der Waals surface area contributed by atoms with Crippen molar-refractivity contribution in [2.45, 2.75) is 30.9 Å². The van der Waals surface area contributed by atoms with Gasteiger partial charge in [0.2, 0.25) is 5.91 Å². The molecule has 0 radical (unpaired) electrons. The SMILES string of the molecule is Cc1ccc(S(=O)(=O)N(C)c2ccc(CC(=O)N3C[C@@H](C(=O)NCc4ccccc4)Oc4ccccc43)cc2)cc1.